The molecule has 6 nitrogen and oxygen atoms in total. The first kappa shape index (κ1) is 21.7. The van der Waals surface area contributed by atoms with Gasteiger partial charge in [0.05, 0.1) is 5.92 Å². The number of aliphatic carboxylic acids is 1. The number of carboxylic acids is 1. The van der Waals surface area contributed by atoms with E-state index < -0.39 is 17.9 Å². The Labute approximate surface area is 155 Å². The van der Waals surface area contributed by atoms with Crippen LogP contribution in [0.2, 0.25) is 0 Å². The highest BCUT2D eigenvalue weighted by molar-refractivity contribution is 5.97. The van der Waals surface area contributed by atoms with Gasteiger partial charge in [-0.3, -0.25) is 14.4 Å². The van der Waals surface area contributed by atoms with Crippen LogP contribution in [0.25, 0.3) is 0 Å². The van der Waals surface area contributed by atoms with Crippen molar-refractivity contribution in [2.45, 2.75) is 53.5 Å². The van der Waals surface area contributed by atoms with E-state index in [1.165, 1.54) is 0 Å². The number of benzene rings is 1. The van der Waals surface area contributed by atoms with Gasteiger partial charge in [0.2, 0.25) is 11.8 Å². The van der Waals surface area contributed by atoms with Crippen LogP contribution in [-0.2, 0) is 20.8 Å². The first-order chi connectivity index (χ1) is 12.1. The molecule has 2 unspecified atom stereocenters. The van der Waals surface area contributed by atoms with Crippen molar-refractivity contribution in [1.29, 1.82) is 0 Å². The van der Waals surface area contributed by atoms with Crippen LogP contribution in [0.4, 0.5) is 5.69 Å². The van der Waals surface area contributed by atoms with Gasteiger partial charge in [-0.15, -0.1) is 0 Å². The number of rotatable bonds is 9. The molecule has 0 bridgehead atoms. The lowest BCUT2D eigenvalue weighted by Crippen LogP contribution is -2.47. The molecule has 0 heterocycles. The fourth-order valence-corrected chi connectivity index (χ4v) is 2.52. The van der Waals surface area contributed by atoms with Crippen LogP contribution in [0.1, 0.15) is 46.6 Å². The third kappa shape index (κ3) is 7.25. The SMILES string of the molecule is CC(C)CC(=O)NC(C(=O)Nc1ccc(CC(C)C(=O)O)cc1)C(C)C. The molecule has 1 aromatic carbocycles. The van der Waals surface area contributed by atoms with E-state index in [4.69, 9.17) is 5.11 Å². The first-order valence-corrected chi connectivity index (χ1v) is 9.02. The van der Waals surface area contributed by atoms with Crippen LogP contribution in [0.5, 0.6) is 0 Å². The number of carbonyl (C=O) groups excluding carboxylic acids is 2. The van der Waals surface area contributed by atoms with Gasteiger partial charge in [0.25, 0.3) is 0 Å². The maximum atomic E-state index is 12.5. The molecule has 0 aliphatic heterocycles. The summed E-state index contributed by atoms with van der Waals surface area (Å²) in [6.45, 7) is 9.34. The van der Waals surface area contributed by atoms with Crippen LogP contribution in [-0.4, -0.2) is 28.9 Å². The molecule has 0 aliphatic rings. The predicted molar refractivity (Wildman–Crippen MR) is 102 cm³/mol. The van der Waals surface area contributed by atoms with Crippen molar-refractivity contribution in [2.75, 3.05) is 5.32 Å². The molecule has 0 spiro atoms. The summed E-state index contributed by atoms with van der Waals surface area (Å²) in [5.41, 5.74) is 1.51. The van der Waals surface area contributed by atoms with Crippen molar-refractivity contribution in [1.82, 2.24) is 5.32 Å². The number of carboxylic acid groups (broad SMARTS) is 1. The lowest BCUT2D eigenvalue weighted by atomic mass is 10.0. The summed E-state index contributed by atoms with van der Waals surface area (Å²) in [6.07, 6.45) is 0.816. The zero-order valence-corrected chi connectivity index (χ0v) is 16.2. The van der Waals surface area contributed by atoms with Gasteiger partial charge in [-0.1, -0.05) is 46.8 Å². The summed E-state index contributed by atoms with van der Waals surface area (Å²) in [4.78, 5) is 35.4. The van der Waals surface area contributed by atoms with E-state index in [9.17, 15) is 14.4 Å². The average Bonchev–Trinajstić information content (AvgIpc) is 2.53. The molecule has 0 aliphatic carbocycles. The van der Waals surface area contributed by atoms with Gasteiger partial charge < -0.3 is 15.7 Å². The molecule has 144 valence electrons. The topological polar surface area (TPSA) is 95.5 Å². The number of hydrogen-bond donors (Lipinski definition) is 3. The molecule has 0 aromatic heterocycles. The molecule has 2 atom stereocenters. The third-order valence-electron chi connectivity index (χ3n) is 4.04. The Morgan fingerprint density at radius 3 is 2.04 bits per heavy atom. The number of anilines is 1. The maximum Gasteiger partial charge on any atom is 0.306 e. The average molecular weight is 362 g/mol. The van der Waals surface area contributed by atoms with Crippen LogP contribution in [0.15, 0.2) is 24.3 Å². The summed E-state index contributed by atoms with van der Waals surface area (Å²) in [7, 11) is 0. The molecule has 3 N–H and O–H groups in total. The van der Waals surface area contributed by atoms with E-state index in [2.05, 4.69) is 10.6 Å². The Kier molecular flexibility index (Phi) is 8.29. The molecule has 0 radical (unpaired) electrons. The van der Waals surface area contributed by atoms with Crippen LogP contribution in [0.3, 0.4) is 0 Å². The fourth-order valence-electron chi connectivity index (χ4n) is 2.52. The van der Waals surface area contributed by atoms with E-state index in [-0.39, 0.29) is 23.7 Å². The lowest BCUT2D eigenvalue weighted by Gasteiger charge is -2.22. The van der Waals surface area contributed by atoms with Crippen LogP contribution >= 0.6 is 0 Å². The van der Waals surface area contributed by atoms with E-state index in [1.807, 2.05) is 27.7 Å². The van der Waals surface area contributed by atoms with Gasteiger partial charge in [-0.2, -0.15) is 0 Å². The summed E-state index contributed by atoms with van der Waals surface area (Å²) >= 11 is 0. The van der Waals surface area contributed by atoms with E-state index in [1.54, 1.807) is 31.2 Å². The smallest absolute Gasteiger partial charge is 0.306 e. The minimum atomic E-state index is -0.834. The molecule has 1 aromatic rings. The van der Waals surface area contributed by atoms with Gasteiger partial charge >= 0.3 is 5.97 Å². The van der Waals surface area contributed by atoms with E-state index in [0.29, 0.717) is 18.5 Å². The number of hydrogen-bond acceptors (Lipinski definition) is 3. The van der Waals surface area contributed by atoms with Crippen molar-refractivity contribution >= 4 is 23.5 Å². The van der Waals surface area contributed by atoms with Gasteiger partial charge in [0.15, 0.2) is 0 Å². The van der Waals surface area contributed by atoms with E-state index >= 15 is 0 Å². The fraction of sp³-hybridized carbons (Fsp3) is 0.550. The lowest BCUT2D eigenvalue weighted by molar-refractivity contribution is -0.141. The van der Waals surface area contributed by atoms with Crippen molar-refractivity contribution < 1.29 is 19.5 Å². The van der Waals surface area contributed by atoms with Gasteiger partial charge in [-0.05, 0) is 36.0 Å². The minimum Gasteiger partial charge on any atom is -0.481 e. The molecule has 0 fully saturated rings. The molecular weight excluding hydrogens is 332 g/mol. The predicted octanol–water partition coefficient (Wildman–Crippen LogP) is 3.08. The van der Waals surface area contributed by atoms with Crippen LogP contribution < -0.4 is 10.6 Å². The highest BCUT2D eigenvalue weighted by atomic mass is 16.4. The van der Waals surface area contributed by atoms with Crippen LogP contribution in [0, 0.1) is 17.8 Å². The monoisotopic (exact) mass is 362 g/mol. The highest BCUT2D eigenvalue weighted by Gasteiger charge is 2.24. The highest BCUT2D eigenvalue weighted by Crippen LogP contribution is 2.15. The third-order valence-corrected chi connectivity index (χ3v) is 4.04. The van der Waals surface area contributed by atoms with Gasteiger partial charge in [0, 0.05) is 12.1 Å². The second-order valence-electron chi connectivity index (χ2n) is 7.52. The van der Waals surface area contributed by atoms with Crippen molar-refractivity contribution in [3.8, 4) is 0 Å². The Balaban J connectivity index is 2.71. The van der Waals surface area contributed by atoms with E-state index in [0.717, 1.165) is 5.56 Å². The molecule has 1 rings (SSSR count). The Bertz CT molecular complexity index is 623. The number of nitrogens with one attached hydrogen (secondary N) is 2. The largest absolute Gasteiger partial charge is 0.481 e. The molecule has 2 amide bonds. The number of amides is 2. The first-order valence-electron chi connectivity index (χ1n) is 9.02. The van der Waals surface area contributed by atoms with Crippen molar-refractivity contribution in [3.05, 3.63) is 29.8 Å². The summed E-state index contributed by atoms with van der Waals surface area (Å²) in [5, 5.41) is 14.6. The second-order valence-corrected chi connectivity index (χ2v) is 7.52. The molecule has 0 saturated heterocycles. The Hall–Kier alpha value is -2.37. The standard InChI is InChI=1S/C20H30N2O4/c1-12(2)10-17(23)22-18(13(3)4)19(24)21-16-8-6-15(7-9-16)11-14(5)20(25)26/h6-9,12-14,18H,10-11H2,1-5H3,(H,21,24)(H,22,23)(H,25,26). The zero-order valence-electron chi connectivity index (χ0n) is 16.2. The Morgan fingerprint density at radius 2 is 1.58 bits per heavy atom. The Morgan fingerprint density at radius 1 is 1.00 bits per heavy atom. The zero-order chi connectivity index (χ0) is 19.9. The summed E-state index contributed by atoms with van der Waals surface area (Å²) in [5.74, 6) is -1.50. The van der Waals surface area contributed by atoms with Crippen molar-refractivity contribution in [2.24, 2.45) is 17.8 Å². The second kappa shape index (κ2) is 9.94. The van der Waals surface area contributed by atoms with Gasteiger partial charge in [0.1, 0.15) is 6.04 Å². The minimum absolute atomic E-state index is 0.0400. The molecular formula is C20H30N2O4. The quantitative estimate of drug-likeness (QED) is 0.629. The normalized spacial score (nSPS) is 13.3. The summed E-state index contributed by atoms with van der Waals surface area (Å²) < 4.78 is 0. The number of carbonyl (C=O) groups is 3. The van der Waals surface area contributed by atoms with Crippen molar-refractivity contribution in [3.63, 3.8) is 0 Å². The maximum absolute atomic E-state index is 12.5. The summed E-state index contributed by atoms with van der Waals surface area (Å²) in [6, 6.07) is 6.49. The molecule has 6 heteroatoms. The molecule has 0 saturated carbocycles. The van der Waals surface area contributed by atoms with Gasteiger partial charge in [-0.25, -0.2) is 0 Å². The molecule has 26 heavy (non-hydrogen) atoms.